The van der Waals surface area contributed by atoms with E-state index in [-0.39, 0.29) is 23.4 Å². The molecule has 0 radical (unpaired) electrons. The number of piperidine rings is 1. The van der Waals surface area contributed by atoms with Crippen molar-refractivity contribution in [3.63, 3.8) is 0 Å². The van der Waals surface area contributed by atoms with E-state index in [2.05, 4.69) is 12.0 Å². The summed E-state index contributed by atoms with van der Waals surface area (Å²) >= 11 is 0. The first kappa shape index (κ1) is 18.0. The van der Waals surface area contributed by atoms with E-state index in [1.165, 1.54) is 38.3 Å². The third-order valence-electron chi connectivity index (χ3n) is 5.83. The molecule has 1 aromatic rings. The van der Waals surface area contributed by atoms with Crippen LogP contribution < -0.4 is 0 Å². The lowest BCUT2D eigenvalue weighted by molar-refractivity contribution is -0.137. The van der Waals surface area contributed by atoms with Crippen molar-refractivity contribution in [1.82, 2.24) is 14.7 Å². The number of hydrogen-bond acceptors (Lipinski definition) is 3. The summed E-state index contributed by atoms with van der Waals surface area (Å²) < 4.78 is 1.75. The Morgan fingerprint density at radius 2 is 1.88 bits per heavy atom. The van der Waals surface area contributed by atoms with E-state index >= 15 is 0 Å². The Labute approximate surface area is 149 Å². The number of aromatic carboxylic acids is 1. The minimum Gasteiger partial charge on any atom is -0.478 e. The molecule has 2 aliphatic rings. The summed E-state index contributed by atoms with van der Waals surface area (Å²) in [5, 5.41) is 13.2. The minimum absolute atomic E-state index is 0.114. The Bertz CT molecular complexity index is 599. The fourth-order valence-corrected chi connectivity index (χ4v) is 4.33. The van der Waals surface area contributed by atoms with Crippen LogP contribution in [0.15, 0.2) is 12.4 Å². The lowest BCUT2D eigenvalue weighted by Crippen LogP contribution is -2.42. The Morgan fingerprint density at radius 3 is 2.48 bits per heavy atom. The van der Waals surface area contributed by atoms with Crippen molar-refractivity contribution in [2.75, 3.05) is 13.1 Å². The lowest BCUT2D eigenvalue weighted by atomic mass is 9.83. The van der Waals surface area contributed by atoms with Crippen LogP contribution in [0.1, 0.15) is 74.7 Å². The van der Waals surface area contributed by atoms with E-state index in [0.29, 0.717) is 0 Å². The molecule has 6 nitrogen and oxygen atoms in total. The van der Waals surface area contributed by atoms with E-state index < -0.39 is 5.97 Å². The van der Waals surface area contributed by atoms with Gasteiger partial charge in [0.05, 0.1) is 17.8 Å². The van der Waals surface area contributed by atoms with Crippen molar-refractivity contribution in [3.8, 4) is 0 Å². The third kappa shape index (κ3) is 4.41. The molecule has 0 bridgehead atoms. The number of carboxylic acids is 1. The molecule has 25 heavy (non-hydrogen) atoms. The SMILES string of the molecule is CC(CC1CCCCC1)C(=O)N1CCC(n2cc(C(=O)O)cn2)CC1. The molecule has 6 heteroatoms. The molecule has 3 rings (SSSR count). The fourth-order valence-electron chi connectivity index (χ4n) is 4.33. The highest BCUT2D eigenvalue weighted by Gasteiger charge is 2.29. The zero-order valence-corrected chi connectivity index (χ0v) is 15.1. The molecule has 0 spiro atoms. The predicted octanol–water partition coefficient (Wildman–Crippen LogP) is 3.35. The fraction of sp³-hybridized carbons (Fsp3) is 0.737. The molecule has 1 N–H and O–H groups in total. The van der Waals surface area contributed by atoms with Gasteiger partial charge in [0.25, 0.3) is 0 Å². The van der Waals surface area contributed by atoms with Gasteiger partial charge >= 0.3 is 5.97 Å². The second-order valence-corrected chi connectivity index (χ2v) is 7.71. The number of hydrogen-bond donors (Lipinski definition) is 1. The van der Waals surface area contributed by atoms with Gasteiger partial charge in [0.2, 0.25) is 5.91 Å². The van der Waals surface area contributed by atoms with Gasteiger partial charge < -0.3 is 10.0 Å². The molecule has 2 fully saturated rings. The van der Waals surface area contributed by atoms with Crippen molar-refractivity contribution < 1.29 is 14.7 Å². The number of carboxylic acid groups (broad SMARTS) is 1. The molecule has 138 valence electrons. The Kier molecular flexibility index (Phi) is 5.76. The number of amides is 1. The van der Waals surface area contributed by atoms with Gasteiger partial charge in [-0.2, -0.15) is 5.10 Å². The molecule has 1 aliphatic carbocycles. The Morgan fingerprint density at radius 1 is 1.20 bits per heavy atom. The zero-order chi connectivity index (χ0) is 17.8. The van der Waals surface area contributed by atoms with E-state index in [1.54, 1.807) is 10.9 Å². The second kappa shape index (κ2) is 8.02. The van der Waals surface area contributed by atoms with Crippen LogP contribution in [0, 0.1) is 11.8 Å². The molecule has 1 amide bonds. The number of aromatic nitrogens is 2. The molecule has 1 aromatic heterocycles. The van der Waals surface area contributed by atoms with Gasteiger partial charge in [0.15, 0.2) is 0 Å². The number of carbonyl (C=O) groups is 2. The molecule has 0 aromatic carbocycles. The average molecular weight is 347 g/mol. The normalized spacial score (nSPS) is 21.2. The van der Waals surface area contributed by atoms with Crippen LogP contribution in [0.5, 0.6) is 0 Å². The predicted molar refractivity (Wildman–Crippen MR) is 94.4 cm³/mol. The first-order chi connectivity index (χ1) is 12.0. The first-order valence-corrected chi connectivity index (χ1v) is 9.61. The molecule has 1 saturated heterocycles. The molecule has 2 heterocycles. The van der Waals surface area contributed by atoms with Crippen LogP contribution >= 0.6 is 0 Å². The summed E-state index contributed by atoms with van der Waals surface area (Å²) in [5.41, 5.74) is 0.222. The van der Waals surface area contributed by atoms with Crippen molar-refractivity contribution in [2.24, 2.45) is 11.8 Å². The minimum atomic E-state index is -0.949. The van der Waals surface area contributed by atoms with Gasteiger partial charge in [-0.15, -0.1) is 0 Å². The van der Waals surface area contributed by atoms with Gasteiger partial charge in [-0.05, 0) is 25.2 Å². The highest BCUT2D eigenvalue weighted by atomic mass is 16.4. The summed E-state index contributed by atoms with van der Waals surface area (Å²) in [4.78, 5) is 25.7. The maximum atomic E-state index is 12.7. The zero-order valence-electron chi connectivity index (χ0n) is 15.1. The van der Waals surface area contributed by atoms with Gasteiger partial charge in [-0.3, -0.25) is 9.48 Å². The average Bonchev–Trinajstić information content (AvgIpc) is 3.12. The topological polar surface area (TPSA) is 75.4 Å². The highest BCUT2D eigenvalue weighted by molar-refractivity contribution is 5.86. The lowest BCUT2D eigenvalue weighted by Gasteiger charge is -2.34. The molecular formula is C19H29N3O3. The first-order valence-electron chi connectivity index (χ1n) is 9.61. The van der Waals surface area contributed by atoms with Crippen molar-refractivity contribution in [3.05, 3.63) is 18.0 Å². The van der Waals surface area contributed by atoms with Crippen LogP contribution in [0.3, 0.4) is 0 Å². The van der Waals surface area contributed by atoms with Crippen LogP contribution in [-0.2, 0) is 4.79 Å². The Hall–Kier alpha value is -1.85. The summed E-state index contributed by atoms with van der Waals surface area (Å²) in [6, 6.07) is 0.186. The number of rotatable bonds is 5. The molecule has 1 saturated carbocycles. The Balaban J connectivity index is 1.48. The van der Waals surface area contributed by atoms with Gasteiger partial charge in [-0.1, -0.05) is 39.0 Å². The third-order valence-corrected chi connectivity index (χ3v) is 5.83. The maximum absolute atomic E-state index is 12.7. The van der Waals surface area contributed by atoms with E-state index in [9.17, 15) is 9.59 Å². The molecule has 1 atom stereocenters. The van der Waals surface area contributed by atoms with Crippen molar-refractivity contribution in [1.29, 1.82) is 0 Å². The van der Waals surface area contributed by atoms with Crippen molar-refractivity contribution >= 4 is 11.9 Å². The van der Waals surface area contributed by atoms with Crippen molar-refractivity contribution in [2.45, 2.75) is 64.3 Å². The van der Waals surface area contributed by atoms with Crippen LogP contribution in [0.2, 0.25) is 0 Å². The molecule has 1 unspecified atom stereocenters. The standard InChI is InChI=1S/C19H29N3O3/c1-14(11-15-5-3-2-4-6-15)18(23)21-9-7-17(8-10-21)22-13-16(12-20-22)19(24)25/h12-15,17H,2-11H2,1H3,(H,24,25). The van der Waals surface area contributed by atoms with E-state index in [1.807, 2.05) is 4.90 Å². The summed E-state index contributed by atoms with van der Waals surface area (Å²) in [6.45, 7) is 3.55. The molecule has 1 aliphatic heterocycles. The monoisotopic (exact) mass is 347 g/mol. The van der Waals surface area contributed by atoms with Crippen LogP contribution in [0.25, 0.3) is 0 Å². The number of nitrogens with zero attached hydrogens (tertiary/aromatic N) is 3. The summed E-state index contributed by atoms with van der Waals surface area (Å²) in [5.74, 6) is 0.179. The van der Waals surface area contributed by atoms with Gasteiger partial charge in [0.1, 0.15) is 0 Å². The highest BCUT2D eigenvalue weighted by Crippen LogP contribution is 2.30. The number of likely N-dealkylation sites (tertiary alicyclic amines) is 1. The summed E-state index contributed by atoms with van der Waals surface area (Å²) in [6.07, 6.45) is 12.2. The maximum Gasteiger partial charge on any atom is 0.338 e. The van der Waals surface area contributed by atoms with Gasteiger partial charge in [-0.25, -0.2) is 4.79 Å². The van der Waals surface area contributed by atoms with Crippen LogP contribution in [0.4, 0.5) is 0 Å². The van der Waals surface area contributed by atoms with Gasteiger partial charge in [0, 0.05) is 25.2 Å². The van der Waals surface area contributed by atoms with Crippen LogP contribution in [-0.4, -0.2) is 44.8 Å². The molecular weight excluding hydrogens is 318 g/mol. The smallest absolute Gasteiger partial charge is 0.338 e. The summed E-state index contributed by atoms with van der Waals surface area (Å²) in [7, 11) is 0. The second-order valence-electron chi connectivity index (χ2n) is 7.71. The largest absolute Gasteiger partial charge is 0.478 e. The quantitative estimate of drug-likeness (QED) is 0.886. The number of carbonyl (C=O) groups excluding carboxylic acids is 1. The van der Waals surface area contributed by atoms with E-state index in [0.717, 1.165) is 38.3 Å². The van der Waals surface area contributed by atoms with E-state index in [4.69, 9.17) is 5.11 Å².